The number of aliphatic hydroxyl groups excluding tert-OH is 1. The molecule has 1 aromatic heterocycles. The third-order valence-corrected chi connectivity index (χ3v) is 5.63. The van der Waals surface area contributed by atoms with E-state index in [0.29, 0.717) is 5.56 Å². The maximum atomic E-state index is 13.0. The molecule has 3 rings (SSSR count). The van der Waals surface area contributed by atoms with Gasteiger partial charge in [-0.1, -0.05) is 38.1 Å². The molecule has 1 aliphatic heterocycles. The Morgan fingerprint density at radius 1 is 1.10 bits per heavy atom. The number of benzene rings is 1. The molecule has 29 heavy (non-hydrogen) atoms. The van der Waals surface area contributed by atoms with Gasteiger partial charge in [-0.2, -0.15) is 13.2 Å². The molecule has 0 bridgehead atoms. The molecule has 0 aliphatic carbocycles. The standard InChI is InChI=1S/C16H13F3N2O3S.C2H6.CH3.Y/c1-10-4-2-3-5-11(10)15-14(22)12-8-20-7-6-13(12)21(25(15,23)24)9-16(17,18)19;1-2;;/h2-8,22H,9H2,1H3;1-2H3;1H3;/q;;-1;. The first kappa shape index (κ1) is 27.6. The smallest absolute Gasteiger partial charge is 0.407 e. The van der Waals surface area contributed by atoms with E-state index in [9.17, 15) is 26.7 Å². The number of sulfonamides is 1. The normalized spacial score (nSPS) is 14.6. The number of rotatable bonds is 2. The van der Waals surface area contributed by atoms with Crippen molar-refractivity contribution >= 4 is 26.4 Å². The fraction of sp³-hybridized carbons (Fsp3) is 0.263. The van der Waals surface area contributed by atoms with Crippen LogP contribution >= 0.6 is 0 Å². The molecule has 1 N–H and O–H groups in total. The number of aromatic nitrogens is 1. The maximum absolute atomic E-state index is 13.0. The SMILES string of the molecule is CC.Cc1ccccc1C1=C(O)c2cnccc2N(CC(F)(F)F)S1(=O)=O.[CH3-].[Y]. The molecule has 2 aromatic rings. The molecule has 1 aliphatic rings. The van der Waals surface area contributed by atoms with Crippen molar-refractivity contribution in [2.24, 2.45) is 0 Å². The second-order valence-corrected chi connectivity index (χ2v) is 7.31. The van der Waals surface area contributed by atoms with E-state index in [4.69, 9.17) is 0 Å². The Bertz CT molecular complexity index is 977. The number of nitrogens with zero attached hydrogens (tertiary/aromatic N) is 2. The summed E-state index contributed by atoms with van der Waals surface area (Å²) < 4.78 is 65.0. The van der Waals surface area contributed by atoms with Gasteiger partial charge in [-0.25, -0.2) is 8.42 Å². The fourth-order valence-corrected chi connectivity index (χ4v) is 4.51. The first-order chi connectivity index (χ1) is 12.6. The zero-order valence-corrected chi connectivity index (χ0v) is 20.2. The van der Waals surface area contributed by atoms with Crippen molar-refractivity contribution in [2.45, 2.75) is 26.9 Å². The van der Waals surface area contributed by atoms with Crippen LogP contribution in [0.3, 0.4) is 0 Å². The number of hydrogen-bond acceptors (Lipinski definition) is 4. The molecule has 0 spiro atoms. The van der Waals surface area contributed by atoms with Gasteiger partial charge in [0.1, 0.15) is 17.2 Å². The van der Waals surface area contributed by atoms with Crippen molar-refractivity contribution in [2.75, 3.05) is 10.8 Å². The molecule has 0 saturated heterocycles. The Kier molecular flexibility index (Phi) is 10.0. The van der Waals surface area contributed by atoms with Crippen LogP contribution in [0.5, 0.6) is 0 Å². The average molecular weight is 504 g/mol. The average Bonchev–Trinajstić information content (AvgIpc) is 2.61. The Balaban J connectivity index is 0.00000190. The summed E-state index contributed by atoms with van der Waals surface area (Å²) in [5.41, 5.74) is 0.315. The van der Waals surface area contributed by atoms with Crippen LogP contribution in [0, 0.1) is 14.4 Å². The van der Waals surface area contributed by atoms with Gasteiger partial charge in [-0.15, -0.1) is 0 Å². The summed E-state index contributed by atoms with van der Waals surface area (Å²) in [5.74, 6) is -0.615. The summed E-state index contributed by atoms with van der Waals surface area (Å²) in [5, 5.41) is 10.5. The summed E-state index contributed by atoms with van der Waals surface area (Å²) in [4.78, 5) is 3.22. The van der Waals surface area contributed by atoms with Crippen molar-refractivity contribution in [3.63, 3.8) is 0 Å². The fourth-order valence-electron chi connectivity index (χ4n) is 2.70. The minimum atomic E-state index is -4.75. The van der Waals surface area contributed by atoms with E-state index in [1.54, 1.807) is 25.1 Å². The third kappa shape index (κ3) is 5.58. The maximum Gasteiger partial charge on any atom is 0.407 e. The summed E-state index contributed by atoms with van der Waals surface area (Å²) in [7, 11) is -4.62. The van der Waals surface area contributed by atoms with Gasteiger partial charge in [-0.05, 0) is 18.6 Å². The van der Waals surface area contributed by atoms with Gasteiger partial charge < -0.3 is 12.5 Å². The number of halogens is 3. The second-order valence-electron chi connectivity index (χ2n) is 5.51. The molecule has 0 fully saturated rings. The number of alkyl halides is 3. The Morgan fingerprint density at radius 3 is 2.24 bits per heavy atom. The van der Waals surface area contributed by atoms with E-state index in [0.717, 1.165) is 12.3 Å². The molecular formula is C19H22F3N2O3SY-. The number of hydrogen-bond donors (Lipinski definition) is 1. The molecule has 1 aromatic carbocycles. The van der Waals surface area contributed by atoms with E-state index in [2.05, 4.69) is 4.98 Å². The predicted molar refractivity (Wildman–Crippen MR) is 105 cm³/mol. The van der Waals surface area contributed by atoms with E-state index in [-0.39, 0.29) is 61.3 Å². The van der Waals surface area contributed by atoms with Gasteiger partial charge in [0.25, 0.3) is 10.0 Å². The molecule has 0 amide bonds. The Morgan fingerprint density at radius 2 is 1.69 bits per heavy atom. The topological polar surface area (TPSA) is 70.5 Å². The summed E-state index contributed by atoms with van der Waals surface area (Å²) in [6.45, 7) is 3.91. The Hall–Kier alpha value is -1.45. The van der Waals surface area contributed by atoms with E-state index < -0.39 is 33.4 Å². The van der Waals surface area contributed by atoms with Gasteiger partial charge in [0.2, 0.25) is 0 Å². The number of aryl methyl sites for hydroxylation is 1. The second kappa shape index (κ2) is 10.5. The molecule has 2 heterocycles. The van der Waals surface area contributed by atoms with Crippen LogP contribution in [0.2, 0.25) is 0 Å². The van der Waals surface area contributed by atoms with Crippen molar-refractivity contribution in [3.8, 4) is 0 Å². The Labute approximate surface area is 194 Å². The van der Waals surface area contributed by atoms with Crippen LogP contribution in [0.4, 0.5) is 18.9 Å². The van der Waals surface area contributed by atoms with Gasteiger partial charge in [0.05, 0.1) is 11.3 Å². The molecule has 0 atom stereocenters. The van der Waals surface area contributed by atoms with E-state index in [1.807, 2.05) is 13.8 Å². The zero-order chi connectivity index (χ0) is 20.4. The van der Waals surface area contributed by atoms with Gasteiger partial charge in [-0.3, -0.25) is 9.29 Å². The number of pyridine rings is 1. The van der Waals surface area contributed by atoms with Crippen molar-refractivity contribution in [3.05, 3.63) is 66.8 Å². The largest absolute Gasteiger partial charge is 0.506 e. The molecule has 157 valence electrons. The van der Waals surface area contributed by atoms with Crippen LogP contribution in [0.1, 0.15) is 30.5 Å². The van der Waals surface area contributed by atoms with Crippen LogP contribution in [-0.4, -0.2) is 31.2 Å². The van der Waals surface area contributed by atoms with Crippen molar-refractivity contribution < 1.29 is 59.4 Å². The van der Waals surface area contributed by atoms with Gasteiger partial charge >= 0.3 is 6.18 Å². The first-order valence-corrected chi connectivity index (χ1v) is 9.60. The van der Waals surface area contributed by atoms with Crippen LogP contribution in [-0.2, 0) is 42.7 Å². The van der Waals surface area contributed by atoms with Crippen LogP contribution in [0.15, 0.2) is 42.7 Å². The minimum Gasteiger partial charge on any atom is -0.506 e. The number of aliphatic hydroxyl groups is 1. The monoisotopic (exact) mass is 504 g/mol. The van der Waals surface area contributed by atoms with Gasteiger partial charge in [0, 0.05) is 50.7 Å². The summed E-state index contributed by atoms with van der Waals surface area (Å²) >= 11 is 0. The van der Waals surface area contributed by atoms with Gasteiger partial charge in [0.15, 0.2) is 0 Å². The molecule has 5 nitrogen and oxygen atoms in total. The molecule has 1 radical (unpaired) electrons. The molecule has 10 heteroatoms. The zero-order valence-electron chi connectivity index (χ0n) is 16.5. The molecule has 0 unspecified atom stereocenters. The summed E-state index contributed by atoms with van der Waals surface area (Å²) in [6.07, 6.45) is -2.44. The third-order valence-electron chi connectivity index (χ3n) is 3.80. The first-order valence-electron chi connectivity index (χ1n) is 8.16. The quantitative estimate of drug-likeness (QED) is 0.588. The van der Waals surface area contributed by atoms with E-state index >= 15 is 0 Å². The molecular weight excluding hydrogens is 482 g/mol. The predicted octanol–water partition coefficient (Wildman–Crippen LogP) is 4.96. The number of anilines is 1. The van der Waals surface area contributed by atoms with Crippen molar-refractivity contribution in [1.82, 2.24) is 4.98 Å². The van der Waals surface area contributed by atoms with Crippen LogP contribution in [0.25, 0.3) is 10.7 Å². The molecule has 0 saturated carbocycles. The van der Waals surface area contributed by atoms with Crippen molar-refractivity contribution in [1.29, 1.82) is 0 Å². The van der Waals surface area contributed by atoms with E-state index in [1.165, 1.54) is 12.3 Å². The number of fused-ring (bicyclic) bond motifs is 1. The van der Waals surface area contributed by atoms with Crippen LogP contribution < -0.4 is 4.31 Å². The minimum absolute atomic E-state index is 0. The summed E-state index contributed by atoms with van der Waals surface area (Å²) in [6, 6.07) is 7.38.